The topological polar surface area (TPSA) is 97.6 Å². The fourth-order valence-electron chi connectivity index (χ4n) is 3.16. The second-order valence-corrected chi connectivity index (χ2v) is 7.04. The summed E-state index contributed by atoms with van der Waals surface area (Å²) < 4.78 is 5.73. The predicted octanol–water partition coefficient (Wildman–Crippen LogP) is 2.46. The minimum Gasteiger partial charge on any atom is -0.487 e. The fraction of sp³-hybridized carbons (Fsp3) is 0.150. The van der Waals surface area contributed by atoms with E-state index in [0.717, 1.165) is 11.3 Å². The van der Waals surface area contributed by atoms with Gasteiger partial charge < -0.3 is 20.7 Å². The molecule has 4 rings (SSSR count). The molecule has 7 nitrogen and oxygen atoms in total. The summed E-state index contributed by atoms with van der Waals surface area (Å²) in [4.78, 5) is 30.1. The van der Waals surface area contributed by atoms with E-state index in [1.54, 1.807) is 22.5 Å². The lowest BCUT2D eigenvalue weighted by atomic mass is 10.0. The molecular weight excluding hydrogens is 376 g/mol. The van der Waals surface area contributed by atoms with Crippen LogP contribution in [0.5, 0.6) is 5.75 Å². The highest BCUT2D eigenvalue weighted by molar-refractivity contribution is 7.07. The third-order valence-electron chi connectivity index (χ3n) is 4.43. The molecule has 0 aliphatic carbocycles. The summed E-state index contributed by atoms with van der Waals surface area (Å²) in [5.41, 5.74) is 10.1. The standard InChI is InChI=1S/C20H18N4O3S/c21-18(25)9-24-17-4-2-1-3-16(17)20(26)23-19(24)13-5-7-15(8-6-13)27-10-14-11-28-12-22-14/h1-8,11-12,19H,9-10H2,(H2,21,25)(H,23,26)/t19-/m0/s1. The SMILES string of the molecule is NC(=O)CN1c2ccccc2C(=O)N[C@@H]1c1ccc(OCc2cscn2)cc1. The summed E-state index contributed by atoms with van der Waals surface area (Å²) in [7, 11) is 0. The molecule has 0 unspecified atom stereocenters. The van der Waals surface area contributed by atoms with Crippen LogP contribution in [-0.2, 0) is 11.4 Å². The van der Waals surface area contributed by atoms with E-state index in [1.165, 1.54) is 11.3 Å². The molecule has 3 N–H and O–H groups in total. The third-order valence-corrected chi connectivity index (χ3v) is 5.07. The number of para-hydroxylation sites is 1. The number of rotatable bonds is 6. The first-order valence-corrected chi connectivity index (χ1v) is 9.61. The van der Waals surface area contributed by atoms with Crippen molar-refractivity contribution in [2.45, 2.75) is 12.8 Å². The number of nitrogens with two attached hydrogens (primary N) is 1. The smallest absolute Gasteiger partial charge is 0.255 e. The number of aromatic nitrogens is 1. The minimum atomic E-state index is -0.498. The average Bonchev–Trinajstić information content (AvgIpc) is 3.22. The van der Waals surface area contributed by atoms with E-state index in [0.29, 0.717) is 23.6 Å². The number of ether oxygens (including phenoxy) is 1. The number of amides is 2. The largest absolute Gasteiger partial charge is 0.487 e. The normalized spacial score (nSPS) is 15.6. The summed E-state index contributed by atoms with van der Waals surface area (Å²) in [6, 6.07) is 14.5. The average molecular weight is 394 g/mol. The van der Waals surface area contributed by atoms with E-state index in [4.69, 9.17) is 10.5 Å². The second-order valence-electron chi connectivity index (χ2n) is 6.32. The Labute approximate surface area is 165 Å². The first-order valence-electron chi connectivity index (χ1n) is 8.66. The molecule has 1 atom stereocenters. The van der Waals surface area contributed by atoms with Crippen molar-refractivity contribution in [3.63, 3.8) is 0 Å². The number of carbonyl (C=O) groups excluding carboxylic acids is 2. The lowest BCUT2D eigenvalue weighted by molar-refractivity contribution is -0.116. The summed E-state index contributed by atoms with van der Waals surface area (Å²) in [6.07, 6.45) is -0.498. The molecule has 8 heteroatoms. The number of nitrogens with zero attached hydrogens (tertiary/aromatic N) is 2. The molecule has 28 heavy (non-hydrogen) atoms. The van der Waals surface area contributed by atoms with Crippen LogP contribution in [0.25, 0.3) is 0 Å². The zero-order valence-electron chi connectivity index (χ0n) is 14.9. The summed E-state index contributed by atoms with van der Waals surface area (Å²) in [5, 5.41) is 4.88. The lowest BCUT2D eigenvalue weighted by Crippen LogP contribution is -2.49. The fourth-order valence-corrected chi connectivity index (χ4v) is 3.70. The van der Waals surface area contributed by atoms with Crippen molar-refractivity contribution >= 4 is 28.8 Å². The second kappa shape index (κ2) is 7.69. The Hall–Kier alpha value is -3.39. The van der Waals surface area contributed by atoms with Crippen LogP contribution in [0.4, 0.5) is 5.69 Å². The van der Waals surface area contributed by atoms with Crippen molar-refractivity contribution in [1.82, 2.24) is 10.3 Å². The summed E-state index contributed by atoms with van der Waals surface area (Å²) >= 11 is 1.52. The van der Waals surface area contributed by atoms with Gasteiger partial charge in [-0.3, -0.25) is 9.59 Å². The van der Waals surface area contributed by atoms with Gasteiger partial charge in [0.15, 0.2) is 0 Å². The quantitative estimate of drug-likeness (QED) is 0.669. The summed E-state index contributed by atoms with van der Waals surface area (Å²) in [6.45, 7) is 0.383. The van der Waals surface area contributed by atoms with Gasteiger partial charge in [0.05, 0.1) is 29.0 Å². The molecule has 0 saturated heterocycles. The monoisotopic (exact) mass is 394 g/mol. The van der Waals surface area contributed by atoms with E-state index in [1.807, 2.05) is 41.8 Å². The number of anilines is 1. The van der Waals surface area contributed by atoms with Crippen molar-refractivity contribution in [2.75, 3.05) is 11.4 Å². The van der Waals surface area contributed by atoms with Crippen molar-refractivity contribution in [1.29, 1.82) is 0 Å². The van der Waals surface area contributed by atoms with Gasteiger partial charge in [-0.1, -0.05) is 24.3 Å². The molecule has 0 radical (unpaired) electrons. The maximum atomic E-state index is 12.5. The Morgan fingerprint density at radius 2 is 2.00 bits per heavy atom. The Bertz CT molecular complexity index is 989. The van der Waals surface area contributed by atoms with E-state index >= 15 is 0 Å². The van der Waals surface area contributed by atoms with Crippen molar-refractivity contribution in [2.24, 2.45) is 5.73 Å². The van der Waals surface area contributed by atoms with E-state index in [2.05, 4.69) is 10.3 Å². The predicted molar refractivity (Wildman–Crippen MR) is 106 cm³/mol. The molecule has 1 aliphatic heterocycles. The van der Waals surface area contributed by atoms with Gasteiger partial charge in [-0.2, -0.15) is 0 Å². The van der Waals surface area contributed by atoms with Gasteiger partial charge >= 0.3 is 0 Å². The number of hydrogen-bond acceptors (Lipinski definition) is 6. The molecule has 2 amide bonds. The Balaban J connectivity index is 1.58. The van der Waals surface area contributed by atoms with Crippen LogP contribution < -0.4 is 20.7 Å². The molecule has 0 saturated carbocycles. The van der Waals surface area contributed by atoms with Crippen molar-refractivity contribution < 1.29 is 14.3 Å². The first kappa shape index (κ1) is 18.0. The molecular formula is C20H18N4O3S. The minimum absolute atomic E-state index is 0.00988. The van der Waals surface area contributed by atoms with Gasteiger partial charge in [0, 0.05) is 5.38 Å². The van der Waals surface area contributed by atoms with Crippen molar-refractivity contribution in [3.05, 3.63) is 76.2 Å². The Morgan fingerprint density at radius 3 is 2.71 bits per heavy atom. The number of fused-ring (bicyclic) bond motifs is 1. The van der Waals surface area contributed by atoms with Gasteiger partial charge in [0.25, 0.3) is 5.91 Å². The van der Waals surface area contributed by atoms with E-state index < -0.39 is 12.1 Å². The molecule has 2 aromatic carbocycles. The highest BCUT2D eigenvalue weighted by atomic mass is 32.1. The molecule has 3 aromatic rings. The van der Waals surface area contributed by atoms with Crippen molar-refractivity contribution in [3.8, 4) is 5.75 Å². The van der Waals surface area contributed by atoms with Crippen LogP contribution in [0.2, 0.25) is 0 Å². The highest BCUT2D eigenvalue weighted by Crippen LogP contribution is 2.33. The molecule has 1 aliphatic rings. The maximum Gasteiger partial charge on any atom is 0.255 e. The zero-order valence-corrected chi connectivity index (χ0v) is 15.7. The van der Waals surface area contributed by atoms with Crippen LogP contribution in [0.15, 0.2) is 59.4 Å². The van der Waals surface area contributed by atoms with Gasteiger partial charge in [-0.25, -0.2) is 4.98 Å². The van der Waals surface area contributed by atoms with Gasteiger partial charge in [-0.05, 0) is 29.8 Å². The van der Waals surface area contributed by atoms with E-state index in [9.17, 15) is 9.59 Å². The van der Waals surface area contributed by atoms with Gasteiger partial charge in [0.2, 0.25) is 5.91 Å². The number of benzene rings is 2. The van der Waals surface area contributed by atoms with Gasteiger partial charge in [-0.15, -0.1) is 11.3 Å². The first-order chi connectivity index (χ1) is 13.6. The number of hydrogen-bond donors (Lipinski definition) is 2. The van der Waals surface area contributed by atoms with Crippen LogP contribution >= 0.6 is 11.3 Å². The number of nitrogens with one attached hydrogen (secondary N) is 1. The Kier molecular flexibility index (Phi) is 4.94. The molecule has 0 fully saturated rings. The van der Waals surface area contributed by atoms with Crippen LogP contribution in [0.1, 0.15) is 27.8 Å². The summed E-state index contributed by atoms with van der Waals surface area (Å²) in [5.74, 6) is 0.0325. The lowest BCUT2D eigenvalue weighted by Gasteiger charge is -2.38. The maximum absolute atomic E-state index is 12.5. The highest BCUT2D eigenvalue weighted by Gasteiger charge is 2.32. The molecule has 1 aromatic heterocycles. The van der Waals surface area contributed by atoms with Crippen LogP contribution in [0.3, 0.4) is 0 Å². The number of thiazole rings is 1. The number of carbonyl (C=O) groups is 2. The molecule has 2 heterocycles. The van der Waals surface area contributed by atoms with Gasteiger partial charge in [0.1, 0.15) is 18.5 Å². The number of primary amides is 1. The molecule has 0 spiro atoms. The molecule has 0 bridgehead atoms. The van der Waals surface area contributed by atoms with E-state index in [-0.39, 0.29) is 12.5 Å². The van der Waals surface area contributed by atoms with Crippen LogP contribution in [-0.4, -0.2) is 23.3 Å². The Morgan fingerprint density at radius 1 is 1.21 bits per heavy atom. The van der Waals surface area contributed by atoms with Crippen LogP contribution in [0, 0.1) is 0 Å². The zero-order chi connectivity index (χ0) is 19.5. The third kappa shape index (κ3) is 3.67. The molecule has 142 valence electrons.